The normalized spacial score (nSPS) is 14.7. The van der Waals surface area contributed by atoms with Gasteiger partial charge in [-0.1, -0.05) is 72.8 Å². The van der Waals surface area contributed by atoms with Crippen molar-refractivity contribution < 1.29 is 18.0 Å². The number of hydrogen-bond acceptors (Lipinski definition) is 4. The molecule has 1 aliphatic rings. The molecule has 42 heavy (non-hydrogen) atoms. The number of halogens is 2. The van der Waals surface area contributed by atoms with Crippen LogP contribution in [0.25, 0.3) is 0 Å². The average molecular weight is 631 g/mol. The highest BCUT2D eigenvalue weighted by Crippen LogP contribution is 2.28. The van der Waals surface area contributed by atoms with Gasteiger partial charge < -0.3 is 10.2 Å². The topological polar surface area (TPSA) is 86.8 Å². The van der Waals surface area contributed by atoms with Crippen molar-refractivity contribution in [2.24, 2.45) is 0 Å². The molecule has 1 N–H and O–H groups in total. The summed E-state index contributed by atoms with van der Waals surface area (Å²) >= 11 is 12.4. The molecule has 0 bridgehead atoms. The smallest absolute Gasteiger partial charge is 0.264 e. The van der Waals surface area contributed by atoms with E-state index in [1.807, 2.05) is 19.9 Å². The minimum Gasteiger partial charge on any atom is -0.352 e. The number of hydrogen-bond donors (Lipinski definition) is 1. The lowest BCUT2D eigenvalue weighted by molar-refractivity contribution is -0.139. The molecule has 1 saturated carbocycles. The molecule has 2 amide bonds. The molecule has 0 saturated heterocycles. The van der Waals surface area contributed by atoms with Crippen LogP contribution in [-0.4, -0.2) is 43.8 Å². The molecule has 0 spiro atoms. The predicted molar refractivity (Wildman–Crippen MR) is 168 cm³/mol. The van der Waals surface area contributed by atoms with Crippen LogP contribution in [0.3, 0.4) is 0 Å². The lowest BCUT2D eigenvalue weighted by Gasteiger charge is -2.33. The van der Waals surface area contributed by atoms with Crippen molar-refractivity contribution in [2.45, 2.75) is 76.4 Å². The van der Waals surface area contributed by atoms with Crippen molar-refractivity contribution in [3.05, 3.63) is 93.5 Å². The summed E-state index contributed by atoms with van der Waals surface area (Å²) in [4.78, 5) is 29.0. The van der Waals surface area contributed by atoms with E-state index in [2.05, 4.69) is 5.32 Å². The molecule has 0 aliphatic heterocycles. The minimum atomic E-state index is -4.12. The van der Waals surface area contributed by atoms with Gasteiger partial charge in [0.2, 0.25) is 11.8 Å². The molecule has 3 aromatic carbocycles. The van der Waals surface area contributed by atoms with Crippen LogP contribution in [0.2, 0.25) is 10.0 Å². The van der Waals surface area contributed by atoms with Gasteiger partial charge in [-0.25, -0.2) is 8.42 Å². The largest absolute Gasteiger partial charge is 0.352 e. The predicted octanol–water partition coefficient (Wildman–Crippen LogP) is 6.67. The van der Waals surface area contributed by atoms with Crippen molar-refractivity contribution in [1.82, 2.24) is 10.2 Å². The van der Waals surface area contributed by atoms with Crippen LogP contribution in [0.15, 0.2) is 71.6 Å². The molecule has 1 aliphatic carbocycles. The van der Waals surface area contributed by atoms with Crippen LogP contribution in [0.1, 0.15) is 55.7 Å². The third-order valence-corrected chi connectivity index (χ3v) is 10.4. The van der Waals surface area contributed by atoms with E-state index in [0.717, 1.165) is 47.5 Å². The van der Waals surface area contributed by atoms with Crippen LogP contribution < -0.4 is 9.62 Å². The zero-order chi connectivity index (χ0) is 30.4. The maximum absolute atomic E-state index is 14.1. The van der Waals surface area contributed by atoms with Crippen LogP contribution in [0.4, 0.5) is 5.69 Å². The Balaban J connectivity index is 1.70. The van der Waals surface area contributed by atoms with E-state index in [1.54, 1.807) is 55.5 Å². The van der Waals surface area contributed by atoms with Crippen molar-refractivity contribution in [3.8, 4) is 0 Å². The molecule has 0 unspecified atom stereocenters. The average Bonchev–Trinajstić information content (AvgIpc) is 2.98. The molecular weight excluding hydrogens is 593 g/mol. The SMILES string of the molecule is Cc1ccc(N(CC(=O)N(Cc2ccc(Cl)c(Cl)c2)[C@H](C)C(=O)NC2CCCCC2)S(=O)(=O)c2ccccc2)cc1C. The van der Waals surface area contributed by atoms with E-state index < -0.39 is 28.5 Å². The molecule has 10 heteroatoms. The number of nitrogens with one attached hydrogen (secondary N) is 1. The summed E-state index contributed by atoms with van der Waals surface area (Å²) in [6.45, 7) is 5.04. The first-order valence-corrected chi connectivity index (χ1v) is 16.4. The lowest BCUT2D eigenvalue weighted by Crippen LogP contribution is -2.53. The second kappa shape index (κ2) is 13.9. The van der Waals surface area contributed by atoms with Crippen molar-refractivity contribution >= 4 is 50.7 Å². The molecule has 7 nitrogen and oxygen atoms in total. The van der Waals surface area contributed by atoms with Gasteiger partial charge in [0.25, 0.3) is 10.0 Å². The Morgan fingerprint density at radius 2 is 1.60 bits per heavy atom. The van der Waals surface area contributed by atoms with E-state index >= 15 is 0 Å². The molecule has 224 valence electrons. The molecule has 1 atom stereocenters. The molecule has 3 aromatic rings. The summed E-state index contributed by atoms with van der Waals surface area (Å²) in [5.41, 5.74) is 2.92. The van der Waals surface area contributed by atoms with Gasteiger partial charge in [0.1, 0.15) is 12.6 Å². The first-order chi connectivity index (χ1) is 20.0. The van der Waals surface area contributed by atoms with Crippen LogP contribution in [0, 0.1) is 13.8 Å². The van der Waals surface area contributed by atoms with Gasteiger partial charge in [-0.15, -0.1) is 0 Å². The summed E-state index contributed by atoms with van der Waals surface area (Å²) in [7, 11) is -4.12. The van der Waals surface area contributed by atoms with E-state index in [0.29, 0.717) is 21.3 Å². The summed E-state index contributed by atoms with van der Waals surface area (Å²) in [6.07, 6.45) is 5.04. The standard InChI is InChI=1S/C32H37Cl2N3O4S/c1-22-14-16-27(18-23(22)2)37(42(40,41)28-12-8-5-9-13-28)21-31(38)36(20-25-15-17-29(33)30(34)19-25)24(3)32(39)35-26-10-6-4-7-11-26/h5,8-9,12-19,24,26H,4,6-7,10-11,20-21H2,1-3H3,(H,35,39)/t24-/m1/s1. The summed E-state index contributed by atoms with van der Waals surface area (Å²) in [5, 5.41) is 3.80. The fourth-order valence-electron chi connectivity index (χ4n) is 5.12. The number of amides is 2. The number of rotatable bonds is 10. The highest BCUT2D eigenvalue weighted by Gasteiger charge is 2.33. The number of benzene rings is 3. The van der Waals surface area contributed by atoms with E-state index in [9.17, 15) is 18.0 Å². The van der Waals surface area contributed by atoms with E-state index in [-0.39, 0.29) is 23.4 Å². The Morgan fingerprint density at radius 1 is 0.905 bits per heavy atom. The second-order valence-electron chi connectivity index (χ2n) is 10.9. The van der Waals surface area contributed by atoms with Gasteiger partial charge in [-0.05, 0) is 86.7 Å². The summed E-state index contributed by atoms with van der Waals surface area (Å²) in [5.74, 6) is -0.802. The minimum absolute atomic E-state index is 0.0428. The zero-order valence-electron chi connectivity index (χ0n) is 24.1. The molecule has 0 heterocycles. The van der Waals surface area contributed by atoms with Gasteiger partial charge in [0.15, 0.2) is 0 Å². The first-order valence-electron chi connectivity index (χ1n) is 14.2. The van der Waals surface area contributed by atoms with E-state index in [4.69, 9.17) is 23.2 Å². The van der Waals surface area contributed by atoms with Crippen molar-refractivity contribution in [1.29, 1.82) is 0 Å². The number of carbonyl (C=O) groups excluding carboxylic acids is 2. The second-order valence-corrected chi connectivity index (χ2v) is 13.6. The summed E-state index contributed by atoms with van der Waals surface area (Å²) < 4.78 is 29.0. The maximum atomic E-state index is 14.1. The third-order valence-electron chi connectivity index (χ3n) is 7.84. The molecule has 0 radical (unpaired) electrons. The highest BCUT2D eigenvalue weighted by molar-refractivity contribution is 7.92. The number of nitrogens with zero attached hydrogens (tertiary/aromatic N) is 2. The highest BCUT2D eigenvalue weighted by atomic mass is 35.5. The first kappa shape index (κ1) is 31.9. The zero-order valence-corrected chi connectivity index (χ0v) is 26.5. The molecule has 0 aromatic heterocycles. The van der Waals surface area contributed by atoms with Gasteiger partial charge in [-0.3, -0.25) is 13.9 Å². The van der Waals surface area contributed by atoms with Gasteiger partial charge in [0.05, 0.1) is 20.6 Å². The quantitative estimate of drug-likeness (QED) is 0.271. The van der Waals surface area contributed by atoms with Gasteiger partial charge in [0, 0.05) is 12.6 Å². The van der Waals surface area contributed by atoms with Crippen LogP contribution in [-0.2, 0) is 26.2 Å². The van der Waals surface area contributed by atoms with Crippen LogP contribution in [0.5, 0.6) is 0 Å². The van der Waals surface area contributed by atoms with Crippen LogP contribution >= 0.6 is 23.2 Å². The lowest BCUT2D eigenvalue weighted by atomic mass is 9.95. The van der Waals surface area contributed by atoms with Crippen molar-refractivity contribution in [2.75, 3.05) is 10.8 Å². The Bertz CT molecular complexity index is 1530. The number of sulfonamides is 1. The monoisotopic (exact) mass is 629 g/mol. The van der Waals surface area contributed by atoms with E-state index in [1.165, 1.54) is 17.0 Å². The maximum Gasteiger partial charge on any atom is 0.264 e. The number of aryl methyl sites for hydroxylation is 2. The Kier molecular flexibility index (Phi) is 10.6. The molecule has 1 fully saturated rings. The van der Waals surface area contributed by atoms with Gasteiger partial charge >= 0.3 is 0 Å². The Morgan fingerprint density at radius 3 is 2.24 bits per heavy atom. The molecule has 4 rings (SSSR count). The van der Waals surface area contributed by atoms with Crippen molar-refractivity contribution in [3.63, 3.8) is 0 Å². The Hall–Kier alpha value is -3.07. The molecular formula is C32H37Cl2N3O4S. The third kappa shape index (κ3) is 7.65. The number of carbonyl (C=O) groups is 2. The summed E-state index contributed by atoms with van der Waals surface area (Å²) in [6, 6.07) is 17.5. The Labute approximate surface area is 258 Å². The fraction of sp³-hybridized carbons (Fsp3) is 0.375. The number of anilines is 1. The van der Waals surface area contributed by atoms with Gasteiger partial charge in [-0.2, -0.15) is 0 Å². The fourth-order valence-corrected chi connectivity index (χ4v) is 6.86.